The van der Waals surface area contributed by atoms with Gasteiger partial charge in [-0.1, -0.05) is 6.07 Å². The summed E-state index contributed by atoms with van der Waals surface area (Å²) in [7, 11) is 0. The van der Waals surface area contributed by atoms with Crippen LogP contribution < -0.4 is 10.1 Å². The average Bonchev–Trinajstić information content (AvgIpc) is 2.17. The molecule has 70 valence electrons. The Morgan fingerprint density at radius 1 is 1.57 bits per heavy atom. The van der Waals surface area contributed by atoms with Gasteiger partial charge in [0.15, 0.2) is 6.61 Å². The molecule has 1 heterocycles. The number of hydrogen-bond acceptors (Lipinski definition) is 3. The van der Waals surface area contributed by atoms with E-state index < -0.39 is 0 Å². The first-order valence-corrected chi connectivity index (χ1v) is 4.22. The van der Waals surface area contributed by atoms with Gasteiger partial charge in [-0.3, -0.25) is 4.79 Å². The van der Waals surface area contributed by atoms with Crippen LogP contribution in [0.5, 0.6) is 5.75 Å². The Balaban J connectivity index is 2.33. The zero-order valence-corrected chi connectivity index (χ0v) is 7.41. The Hall–Kier alpha value is -2.02. The van der Waals surface area contributed by atoms with Crippen LogP contribution in [-0.4, -0.2) is 12.5 Å². The topological polar surface area (TPSA) is 62.1 Å². The van der Waals surface area contributed by atoms with Gasteiger partial charge in [0.1, 0.15) is 5.75 Å². The second-order valence-electron chi connectivity index (χ2n) is 3.00. The van der Waals surface area contributed by atoms with Crippen LogP contribution >= 0.6 is 0 Å². The van der Waals surface area contributed by atoms with E-state index in [9.17, 15) is 4.79 Å². The van der Waals surface area contributed by atoms with Gasteiger partial charge in [-0.25, -0.2) is 0 Å². The highest BCUT2D eigenvalue weighted by molar-refractivity contribution is 5.95. The Morgan fingerprint density at radius 3 is 3.21 bits per heavy atom. The summed E-state index contributed by atoms with van der Waals surface area (Å²) < 4.78 is 5.17. The van der Waals surface area contributed by atoms with Gasteiger partial charge in [-0.2, -0.15) is 5.26 Å². The van der Waals surface area contributed by atoms with Crippen molar-refractivity contribution in [2.45, 2.75) is 6.42 Å². The molecule has 4 heteroatoms. The number of hydrogen-bond donors (Lipinski definition) is 1. The van der Waals surface area contributed by atoms with Crippen LogP contribution in [0.2, 0.25) is 0 Å². The molecule has 0 unspecified atom stereocenters. The van der Waals surface area contributed by atoms with Crippen molar-refractivity contribution >= 4 is 11.6 Å². The molecule has 0 saturated carbocycles. The van der Waals surface area contributed by atoms with Gasteiger partial charge < -0.3 is 10.1 Å². The fraction of sp³-hybridized carbons (Fsp3) is 0.200. The molecular formula is C10H8N2O2. The highest BCUT2D eigenvalue weighted by Crippen LogP contribution is 2.28. The second-order valence-corrected chi connectivity index (χ2v) is 3.00. The molecule has 14 heavy (non-hydrogen) atoms. The maximum absolute atomic E-state index is 11.0. The number of rotatable bonds is 1. The average molecular weight is 188 g/mol. The summed E-state index contributed by atoms with van der Waals surface area (Å²) in [5, 5.41) is 11.2. The third-order valence-electron chi connectivity index (χ3n) is 1.96. The Labute approximate surface area is 81.1 Å². The first-order chi connectivity index (χ1) is 6.79. The standard InChI is InChI=1S/C10H8N2O2/c11-4-3-7-1-2-9-8(5-7)12-10(13)6-14-9/h1-2,5H,3,6H2,(H,12,13). The third-order valence-corrected chi connectivity index (χ3v) is 1.96. The lowest BCUT2D eigenvalue weighted by atomic mass is 10.1. The number of amides is 1. The summed E-state index contributed by atoms with van der Waals surface area (Å²) in [6.07, 6.45) is 0.336. The van der Waals surface area contributed by atoms with E-state index >= 15 is 0 Å². The molecule has 0 radical (unpaired) electrons. The van der Waals surface area contributed by atoms with Crippen molar-refractivity contribution in [3.05, 3.63) is 23.8 Å². The molecule has 1 aromatic rings. The fourth-order valence-electron chi connectivity index (χ4n) is 1.33. The maximum Gasteiger partial charge on any atom is 0.262 e. The lowest BCUT2D eigenvalue weighted by Gasteiger charge is -2.17. The Kier molecular flexibility index (Phi) is 2.07. The van der Waals surface area contributed by atoms with E-state index in [0.717, 1.165) is 5.56 Å². The second kappa shape index (κ2) is 3.38. The number of carbonyl (C=O) groups excluding carboxylic acids is 1. The lowest BCUT2D eigenvalue weighted by Crippen LogP contribution is -2.25. The molecule has 1 N–H and O–H groups in total. The number of carbonyl (C=O) groups is 1. The monoisotopic (exact) mass is 188 g/mol. The number of nitrogens with zero attached hydrogens (tertiary/aromatic N) is 1. The van der Waals surface area contributed by atoms with E-state index in [4.69, 9.17) is 10.00 Å². The summed E-state index contributed by atoms with van der Waals surface area (Å²) in [5.74, 6) is 0.498. The molecule has 1 amide bonds. The minimum atomic E-state index is -0.161. The van der Waals surface area contributed by atoms with Gasteiger partial charge >= 0.3 is 0 Å². The molecule has 0 aliphatic carbocycles. The van der Waals surface area contributed by atoms with Gasteiger partial charge in [-0.15, -0.1) is 0 Å². The van der Waals surface area contributed by atoms with Crippen molar-refractivity contribution < 1.29 is 9.53 Å². The van der Waals surface area contributed by atoms with Crippen LogP contribution in [0.25, 0.3) is 0 Å². The highest BCUT2D eigenvalue weighted by Gasteiger charge is 2.15. The highest BCUT2D eigenvalue weighted by atomic mass is 16.5. The Bertz CT molecular complexity index is 421. The third kappa shape index (κ3) is 1.52. The van der Waals surface area contributed by atoms with Crippen LogP contribution in [-0.2, 0) is 11.2 Å². The van der Waals surface area contributed by atoms with Crippen molar-refractivity contribution in [1.82, 2.24) is 0 Å². The first-order valence-electron chi connectivity index (χ1n) is 4.22. The quantitative estimate of drug-likeness (QED) is 0.717. The van der Waals surface area contributed by atoms with E-state index in [2.05, 4.69) is 5.32 Å². The van der Waals surface area contributed by atoms with Crippen LogP contribution in [0.3, 0.4) is 0 Å². The summed E-state index contributed by atoms with van der Waals surface area (Å²) in [5.41, 5.74) is 1.52. The number of fused-ring (bicyclic) bond motifs is 1. The molecule has 0 spiro atoms. The first kappa shape index (κ1) is 8.57. The molecule has 0 bridgehead atoms. The molecule has 4 nitrogen and oxygen atoms in total. The van der Waals surface area contributed by atoms with E-state index in [1.165, 1.54) is 0 Å². The molecule has 0 atom stereocenters. The normalized spacial score (nSPS) is 13.5. The largest absolute Gasteiger partial charge is 0.482 e. The molecule has 0 aromatic heterocycles. The lowest BCUT2D eigenvalue weighted by molar-refractivity contribution is -0.118. The van der Waals surface area contributed by atoms with E-state index in [1.807, 2.05) is 12.1 Å². The van der Waals surface area contributed by atoms with Gasteiger partial charge in [0, 0.05) is 0 Å². The molecule has 1 aliphatic heterocycles. The van der Waals surface area contributed by atoms with Gasteiger partial charge in [-0.05, 0) is 17.7 Å². The number of nitriles is 1. The minimum Gasteiger partial charge on any atom is -0.482 e. The van der Waals surface area contributed by atoms with Crippen molar-refractivity contribution in [1.29, 1.82) is 5.26 Å². The van der Waals surface area contributed by atoms with Crippen LogP contribution in [0.15, 0.2) is 18.2 Å². The number of nitrogens with one attached hydrogen (secondary N) is 1. The van der Waals surface area contributed by atoms with Crippen LogP contribution in [0.4, 0.5) is 5.69 Å². The number of anilines is 1. The van der Waals surface area contributed by atoms with Crippen LogP contribution in [0, 0.1) is 11.3 Å². The zero-order chi connectivity index (χ0) is 9.97. The summed E-state index contributed by atoms with van der Waals surface area (Å²) in [4.78, 5) is 11.0. The summed E-state index contributed by atoms with van der Waals surface area (Å²) in [6, 6.07) is 7.39. The maximum atomic E-state index is 11.0. The van der Waals surface area contributed by atoms with Gasteiger partial charge in [0.05, 0.1) is 18.2 Å². The van der Waals surface area contributed by atoms with Gasteiger partial charge in [0.25, 0.3) is 5.91 Å². The predicted octanol–water partition coefficient (Wildman–Crippen LogP) is 1.08. The van der Waals surface area contributed by atoms with Crippen LogP contribution in [0.1, 0.15) is 5.56 Å². The molecular weight excluding hydrogens is 180 g/mol. The molecule has 0 saturated heterocycles. The van der Waals surface area contributed by atoms with Crippen molar-refractivity contribution in [2.75, 3.05) is 11.9 Å². The van der Waals surface area contributed by atoms with E-state index in [-0.39, 0.29) is 12.5 Å². The molecule has 0 fully saturated rings. The minimum absolute atomic E-state index is 0.0601. The smallest absolute Gasteiger partial charge is 0.262 e. The zero-order valence-electron chi connectivity index (χ0n) is 7.41. The van der Waals surface area contributed by atoms with Gasteiger partial charge in [0.2, 0.25) is 0 Å². The number of benzene rings is 1. The Morgan fingerprint density at radius 2 is 2.43 bits per heavy atom. The van der Waals surface area contributed by atoms with Crippen molar-refractivity contribution in [3.8, 4) is 11.8 Å². The van der Waals surface area contributed by atoms with Crippen molar-refractivity contribution in [3.63, 3.8) is 0 Å². The summed E-state index contributed by atoms with van der Waals surface area (Å²) in [6.45, 7) is 0.0601. The van der Waals surface area contributed by atoms with E-state index in [0.29, 0.717) is 17.9 Å². The van der Waals surface area contributed by atoms with Crippen molar-refractivity contribution in [2.24, 2.45) is 0 Å². The number of ether oxygens (including phenoxy) is 1. The predicted molar refractivity (Wildman–Crippen MR) is 49.9 cm³/mol. The summed E-state index contributed by atoms with van der Waals surface area (Å²) >= 11 is 0. The van der Waals surface area contributed by atoms with E-state index in [1.54, 1.807) is 12.1 Å². The molecule has 1 aliphatic rings. The molecule has 2 rings (SSSR count). The molecule has 1 aromatic carbocycles. The fourth-order valence-corrected chi connectivity index (χ4v) is 1.33. The SMILES string of the molecule is N#CCc1ccc2c(c1)NC(=O)CO2.